The van der Waals surface area contributed by atoms with E-state index in [1.165, 1.54) is 0 Å². The third kappa shape index (κ3) is 3.04. The summed E-state index contributed by atoms with van der Waals surface area (Å²) in [5.41, 5.74) is 4.51. The van der Waals surface area contributed by atoms with Gasteiger partial charge in [0, 0.05) is 11.7 Å². The number of esters is 1. The first-order chi connectivity index (χ1) is 11.5. The molecule has 4 nitrogen and oxygen atoms in total. The van der Waals surface area contributed by atoms with Crippen LogP contribution in [-0.2, 0) is 16.0 Å². The van der Waals surface area contributed by atoms with Gasteiger partial charge in [0.05, 0.1) is 5.56 Å². The highest BCUT2D eigenvalue weighted by molar-refractivity contribution is 5.99. The van der Waals surface area contributed by atoms with Crippen LogP contribution in [0.4, 0.5) is 5.69 Å². The lowest BCUT2D eigenvalue weighted by atomic mass is 10.1. The van der Waals surface area contributed by atoms with Crippen LogP contribution in [0.15, 0.2) is 42.5 Å². The molecular weight excluding hydrogens is 302 g/mol. The number of aryl methyl sites for hydroxylation is 2. The number of carbonyl (C=O) groups excluding carboxylic acids is 2. The van der Waals surface area contributed by atoms with Crippen molar-refractivity contribution in [2.24, 2.45) is 0 Å². The van der Waals surface area contributed by atoms with E-state index in [1.807, 2.05) is 57.2 Å². The molecule has 1 amide bonds. The standard InChI is InChI=1S/C20H21NO3/c1-13-8-9-17(14(2)10-13)20(23)24-12-19(22)21-15(3)11-16-6-4-5-7-18(16)21/h4-10,15H,11-12H2,1-3H3. The molecule has 24 heavy (non-hydrogen) atoms. The minimum atomic E-state index is -0.457. The Hall–Kier alpha value is -2.62. The molecule has 0 N–H and O–H groups in total. The van der Waals surface area contributed by atoms with Gasteiger partial charge in [-0.3, -0.25) is 4.79 Å². The highest BCUT2D eigenvalue weighted by Crippen LogP contribution is 2.31. The number of carbonyl (C=O) groups is 2. The fraction of sp³-hybridized carbons (Fsp3) is 0.300. The molecule has 3 rings (SSSR count). The van der Waals surface area contributed by atoms with E-state index < -0.39 is 5.97 Å². The molecule has 0 spiro atoms. The lowest BCUT2D eigenvalue weighted by Crippen LogP contribution is -2.38. The number of nitrogens with zero attached hydrogens (tertiary/aromatic N) is 1. The zero-order valence-corrected chi connectivity index (χ0v) is 14.2. The normalized spacial score (nSPS) is 16.0. The highest BCUT2D eigenvalue weighted by Gasteiger charge is 2.31. The number of fused-ring (bicyclic) bond motifs is 1. The van der Waals surface area contributed by atoms with Crippen LogP contribution >= 0.6 is 0 Å². The van der Waals surface area contributed by atoms with Crippen molar-refractivity contribution in [3.05, 3.63) is 64.7 Å². The summed E-state index contributed by atoms with van der Waals surface area (Å²) in [4.78, 5) is 26.5. The van der Waals surface area contributed by atoms with Gasteiger partial charge in [0.15, 0.2) is 6.61 Å². The Labute approximate surface area is 142 Å². The van der Waals surface area contributed by atoms with Crippen molar-refractivity contribution in [3.63, 3.8) is 0 Å². The van der Waals surface area contributed by atoms with Gasteiger partial charge in [0.2, 0.25) is 0 Å². The van der Waals surface area contributed by atoms with Gasteiger partial charge in [-0.15, -0.1) is 0 Å². The quantitative estimate of drug-likeness (QED) is 0.813. The lowest BCUT2D eigenvalue weighted by Gasteiger charge is -2.22. The Morgan fingerprint density at radius 1 is 1.17 bits per heavy atom. The summed E-state index contributed by atoms with van der Waals surface area (Å²) >= 11 is 0. The van der Waals surface area contributed by atoms with E-state index in [4.69, 9.17) is 4.74 Å². The van der Waals surface area contributed by atoms with E-state index in [1.54, 1.807) is 11.0 Å². The van der Waals surface area contributed by atoms with Crippen molar-refractivity contribution in [1.29, 1.82) is 0 Å². The summed E-state index contributed by atoms with van der Waals surface area (Å²) in [6.07, 6.45) is 0.826. The van der Waals surface area contributed by atoms with Gasteiger partial charge < -0.3 is 9.64 Å². The summed E-state index contributed by atoms with van der Waals surface area (Å²) in [6.45, 7) is 5.59. The third-order valence-electron chi connectivity index (χ3n) is 4.40. The molecule has 2 aromatic rings. The maximum Gasteiger partial charge on any atom is 0.338 e. The molecule has 1 heterocycles. The number of anilines is 1. The number of para-hydroxylation sites is 1. The number of hydrogen-bond donors (Lipinski definition) is 0. The predicted molar refractivity (Wildman–Crippen MR) is 93.3 cm³/mol. The van der Waals surface area contributed by atoms with Crippen LogP contribution in [0.25, 0.3) is 0 Å². The van der Waals surface area contributed by atoms with Crippen molar-refractivity contribution >= 4 is 17.6 Å². The van der Waals surface area contributed by atoms with Crippen LogP contribution in [-0.4, -0.2) is 24.5 Å². The van der Waals surface area contributed by atoms with Crippen LogP contribution in [0, 0.1) is 13.8 Å². The summed E-state index contributed by atoms with van der Waals surface area (Å²) in [5, 5.41) is 0. The Morgan fingerprint density at radius 2 is 1.92 bits per heavy atom. The molecular formula is C20H21NO3. The number of ether oxygens (including phenoxy) is 1. The molecule has 124 valence electrons. The molecule has 1 unspecified atom stereocenters. The summed E-state index contributed by atoms with van der Waals surface area (Å²) in [5.74, 6) is -0.647. The Morgan fingerprint density at radius 3 is 2.67 bits per heavy atom. The predicted octanol–water partition coefficient (Wildman–Crippen LogP) is 3.44. The summed E-state index contributed by atoms with van der Waals surface area (Å²) in [7, 11) is 0. The molecule has 0 aliphatic carbocycles. The van der Waals surface area contributed by atoms with Crippen LogP contribution in [0.2, 0.25) is 0 Å². The fourth-order valence-electron chi connectivity index (χ4n) is 3.26. The second-order valence-corrected chi connectivity index (χ2v) is 6.34. The zero-order valence-electron chi connectivity index (χ0n) is 14.2. The zero-order chi connectivity index (χ0) is 17.3. The van der Waals surface area contributed by atoms with Gasteiger partial charge in [-0.1, -0.05) is 35.9 Å². The number of benzene rings is 2. The van der Waals surface area contributed by atoms with Crippen LogP contribution < -0.4 is 4.90 Å². The van der Waals surface area contributed by atoms with Crippen molar-refractivity contribution in [1.82, 2.24) is 0 Å². The van der Waals surface area contributed by atoms with E-state index in [2.05, 4.69) is 0 Å². The van der Waals surface area contributed by atoms with E-state index >= 15 is 0 Å². The number of hydrogen-bond acceptors (Lipinski definition) is 3. The Kier molecular flexibility index (Phi) is 4.38. The van der Waals surface area contributed by atoms with Gasteiger partial charge >= 0.3 is 5.97 Å². The molecule has 2 aromatic carbocycles. The average molecular weight is 323 g/mol. The maximum atomic E-state index is 12.5. The van der Waals surface area contributed by atoms with Crippen molar-refractivity contribution in [2.45, 2.75) is 33.2 Å². The number of amides is 1. The maximum absolute atomic E-state index is 12.5. The highest BCUT2D eigenvalue weighted by atomic mass is 16.5. The smallest absolute Gasteiger partial charge is 0.338 e. The molecule has 0 fully saturated rings. The molecule has 0 radical (unpaired) electrons. The molecule has 1 aliphatic rings. The summed E-state index contributed by atoms with van der Waals surface area (Å²) < 4.78 is 5.26. The first kappa shape index (κ1) is 16.2. The van der Waals surface area contributed by atoms with Gasteiger partial charge in [-0.05, 0) is 50.5 Å². The average Bonchev–Trinajstić information content (AvgIpc) is 2.88. The van der Waals surface area contributed by atoms with Gasteiger partial charge in [-0.25, -0.2) is 4.79 Å². The monoisotopic (exact) mass is 323 g/mol. The van der Waals surface area contributed by atoms with Crippen LogP contribution in [0.3, 0.4) is 0 Å². The largest absolute Gasteiger partial charge is 0.452 e. The fourth-order valence-corrected chi connectivity index (χ4v) is 3.26. The molecule has 0 bridgehead atoms. The van der Waals surface area contributed by atoms with Gasteiger partial charge in [0.1, 0.15) is 0 Å². The second kappa shape index (κ2) is 6.48. The SMILES string of the molecule is Cc1ccc(C(=O)OCC(=O)N2c3ccccc3CC2C)c(C)c1. The van der Waals surface area contributed by atoms with Crippen LogP contribution in [0.5, 0.6) is 0 Å². The van der Waals surface area contributed by atoms with Crippen molar-refractivity contribution in [3.8, 4) is 0 Å². The molecule has 1 aliphatic heterocycles. The van der Waals surface area contributed by atoms with Gasteiger partial charge in [0.25, 0.3) is 5.91 Å². The van der Waals surface area contributed by atoms with E-state index in [0.29, 0.717) is 5.56 Å². The molecule has 0 aromatic heterocycles. The van der Waals surface area contributed by atoms with E-state index in [0.717, 1.165) is 28.8 Å². The Bertz CT molecular complexity index is 797. The minimum Gasteiger partial charge on any atom is -0.452 e. The van der Waals surface area contributed by atoms with Crippen molar-refractivity contribution in [2.75, 3.05) is 11.5 Å². The minimum absolute atomic E-state index is 0.0784. The molecule has 4 heteroatoms. The molecule has 0 saturated carbocycles. The molecule has 1 atom stereocenters. The lowest BCUT2D eigenvalue weighted by molar-refractivity contribution is -0.122. The summed E-state index contributed by atoms with van der Waals surface area (Å²) in [6, 6.07) is 13.5. The number of rotatable bonds is 3. The van der Waals surface area contributed by atoms with Crippen LogP contribution in [0.1, 0.15) is 34.0 Å². The first-order valence-corrected chi connectivity index (χ1v) is 8.11. The van der Waals surface area contributed by atoms with E-state index in [-0.39, 0.29) is 18.6 Å². The first-order valence-electron chi connectivity index (χ1n) is 8.11. The third-order valence-corrected chi connectivity index (χ3v) is 4.40. The Balaban J connectivity index is 1.69. The second-order valence-electron chi connectivity index (χ2n) is 6.34. The topological polar surface area (TPSA) is 46.6 Å². The van der Waals surface area contributed by atoms with Gasteiger partial charge in [-0.2, -0.15) is 0 Å². The molecule has 0 saturated heterocycles. The van der Waals surface area contributed by atoms with E-state index in [9.17, 15) is 9.59 Å². The van der Waals surface area contributed by atoms with Crippen molar-refractivity contribution < 1.29 is 14.3 Å².